The number of hydrogen-bond acceptors (Lipinski definition) is 13. The zero-order valence-corrected chi connectivity index (χ0v) is 84.0. The molecule has 0 unspecified atom stereocenters. The predicted molar refractivity (Wildman–Crippen MR) is 533 cm³/mol. The zero-order chi connectivity index (χ0) is 87.5. The van der Waals surface area contributed by atoms with Gasteiger partial charge in [0.15, 0.2) is 0 Å². The molecule has 123 heavy (non-hydrogen) atoms. The van der Waals surface area contributed by atoms with Gasteiger partial charge in [0, 0.05) is 159 Å². The van der Waals surface area contributed by atoms with Gasteiger partial charge in [-0.2, -0.15) is 8.42 Å². The molecule has 31 heteroatoms. The summed E-state index contributed by atoms with van der Waals surface area (Å²) in [7, 11) is -3.43. The minimum atomic E-state index is -3.43. The number of nitrogens with one attached hydrogen (secondary N) is 2. The Hall–Kier alpha value is -7.28. The van der Waals surface area contributed by atoms with Crippen LogP contribution >= 0.6 is 158 Å². The molecule has 3 N–H and O–H groups in total. The first-order valence-corrected chi connectivity index (χ1v) is 47.0. The van der Waals surface area contributed by atoms with Crippen LogP contribution in [0.15, 0.2) is 240 Å². The number of esters is 1. The molecule has 17 rings (SSSR count). The maximum absolute atomic E-state index is 11.7. The molecule has 17 aromatic rings. The standard InChI is InChI=1S/C18H20ClN3.C18H17ClN2O2.C17H17ClN2O3S.C16H15ClN2O.C14H10BrClN2.C8H7BrN2.CI3.V/c1-3-20-9-8-14-11-18-17(21-12-14)10-13(2)22(18)16-6-4-15(19)5-7-16;1-3-23-18(22)10-13-9-17-16(20-11-13)8-12(2)21(17)15-6-4-14(19)5-7-15;1-12-9-16-17(20(12)15-5-3-14(18)4-6-15)10-13(11-19-16)7-8-23-24(2,21)22;1-11-8-15-16(9-12(6-7-20)10-18-15)19(11)14-4-2-13(17)3-5-14;1-9-6-13-14(7-10(15)8-17-13)18(9)12-4-2-11(16)3-5-12;1-5-2-7-8(11-5)3-6(9)4-10-7;2-1(3)4;/h4-7,10-12,20H,3,8-9H2,1-2H3;4-9,11H,3,10H2,1-2H3;3-6,9-11H,7-8H2,1-2H3;2-5,8-10,20H,6-7H2,1H3;2-8H,1H3;2-4,11H,1H3;;/q;;;;;;-1;. The Morgan fingerprint density at radius 1 is 0.447 bits per heavy atom. The normalized spacial score (nSPS) is 11.1. The summed E-state index contributed by atoms with van der Waals surface area (Å²) in [6.07, 6.45) is 14.2. The number of pyridine rings is 6. The van der Waals surface area contributed by atoms with Crippen LogP contribution in [0.1, 0.15) is 70.3 Å². The second-order valence-electron chi connectivity index (χ2n) is 28.1. The minimum absolute atomic E-state index is 0. The number of nitrogens with zero attached hydrogens (tertiary/aromatic N) is 11. The van der Waals surface area contributed by atoms with E-state index in [-0.39, 0.29) is 44.2 Å². The SMILES string of the molecule is CCNCCc1cnc2cc(C)n(-c3ccc(Cl)cc3)c2c1.CCOC(=O)Cc1cnc2cc(C)n(-c3ccc(Cl)cc3)c2c1.Cc1cc2ncc(Br)cc2[nH]1.Cc1cc2ncc(Br)cc2n1-c1ccc(Cl)cc1.Cc1cc2ncc(CCO)cc2n1-c1ccc(Cl)cc1.Cc1cc2ncc(CCOS(C)(=O)=O)cc2n1-c1ccc(Cl)cc1.I[C-](I)I.[V]. The third kappa shape index (κ3) is 27.4. The van der Waals surface area contributed by atoms with Gasteiger partial charge in [-0.05, 0) is 329 Å². The summed E-state index contributed by atoms with van der Waals surface area (Å²) in [5.41, 5.74) is 28.1. The Morgan fingerprint density at radius 2 is 0.748 bits per heavy atom. The van der Waals surface area contributed by atoms with Gasteiger partial charge in [-0.1, -0.05) is 64.9 Å². The number of aliphatic hydroxyl groups is 1. The van der Waals surface area contributed by atoms with E-state index in [0.29, 0.717) is 29.5 Å². The van der Waals surface area contributed by atoms with Crippen molar-refractivity contribution in [3.8, 4) is 28.4 Å². The van der Waals surface area contributed by atoms with Gasteiger partial charge in [-0.15, -0.1) is -0.0619 Å². The van der Waals surface area contributed by atoms with Crippen molar-refractivity contribution >= 4 is 240 Å². The van der Waals surface area contributed by atoms with Crippen LogP contribution in [0.5, 0.6) is 0 Å². The van der Waals surface area contributed by atoms with Gasteiger partial charge in [-0.25, -0.2) is 0 Å². The van der Waals surface area contributed by atoms with Crippen molar-refractivity contribution in [2.24, 2.45) is 0 Å². The first kappa shape index (κ1) is 97.9. The quantitative estimate of drug-likeness (QED) is 0.0240. The average Bonchev–Trinajstić information content (AvgIpc) is 1.66. The third-order valence-corrected chi connectivity index (χ3v) is 21.7. The number of aliphatic hydroxyl groups excluding tert-OH is 1. The number of halogens is 10. The average molecular weight is 2270 g/mol. The Bertz CT molecular complexity index is 6560. The van der Waals surface area contributed by atoms with E-state index in [9.17, 15) is 13.2 Å². The summed E-state index contributed by atoms with van der Waals surface area (Å²) in [5.74, 6) is -0.241. The van der Waals surface area contributed by atoms with Gasteiger partial charge in [0.2, 0.25) is 0 Å². The fraction of sp³-hybridized carbons (Fsp3) is 0.196. The number of likely N-dealkylation sites (N-methyl/N-ethyl adjacent to an activating group) is 1. The number of ether oxygens (including phenoxy) is 1. The van der Waals surface area contributed by atoms with Crippen LogP contribution in [-0.2, 0) is 68.1 Å². The molecule has 0 saturated carbocycles. The van der Waals surface area contributed by atoms with E-state index in [1.54, 1.807) is 25.5 Å². The number of carbonyl (C=O) groups excluding carboxylic acids is 1. The van der Waals surface area contributed by atoms with Gasteiger partial charge in [0.05, 0.1) is 92.1 Å². The van der Waals surface area contributed by atoms with Gasteiger partial charge in [0.25, 0.3) is 10.1 Å². The molecule has 0 aliphatic heterocycles. The second-order valence-corrected chi connectivity index (χ2v) is 43.2. The van der Waals surface area contributed by atoms with Crippen molar-refractivity contribution in [3.05, 3.63) is 322 Å². The molecule has 19 nitrogen and oxygen atoms in total. The Morgan fingerprint density at radius 3 is 1.08 bits per heavy atom. The van der Waals surface area contributed by atoms with Crippen LogP contribution in [0, 0.1) is 41.5 Å². The van der Waals surface area contributed by atoms with Gasteiger partial charge >= 0.3 is 5.97 Å². The Labute approximate surface area is 810 Å². The number of benzene rings is 5. The van der Waals surface area contributed by atoms with E-state index in [0.717, 1.165) is 190 Å². The summed E-state index contributed by atoms with van der Waals surface area (Å²) < 4.78 is 46.0. The largest absolute Gasteiger partial charge is 0.466 e. The summed E-state index contributed by atoms with van der Waals surface area (Å²) in [6.45, 7) is 18.8. The van der Waals surface area contributed by atoms with E-state index < -0.39 is 10.1 Å². The number of aryl methyl sites for hydroxylation is 6. The number of rotatable bonds is 18. The zero-order valence-electron chi connectivity index (χ0n) is 68.3. The van der Waals surface area contributed by atoms with E-state index in [1.807, 2.05) is 197 Å². The van der Waals surface area contributed by atoms with E-state index in [2.05, 4.69) is 227 Å². The number of hydrogen-bond donors (Lipinski definition) is 3. The fourth-order valence-corrected chi connectivity index (χ4v) is 15.4. The van der Waals surface area contributed by atoms with E-state index in [4.69, 9.17) is 72.0 Å². The van der Waals surface area contributed by atoms with Crippen molar-refractivity contribution in [2.45, 2.75) is 81.1 Å². The number of aromatic nitrogens is 12. The molecule has 1 radical (unpaired) electrons. The van der Waals surface area contributed by atoms with Crippen molar-refractivity contribution in [1.29, 1.82) is 0 Å². The van der Waals surface area contributed by atoms with Crippen LogP contribution in [-0.4, -0.2) is 116 Å². The molecule has 0 amide bonds. The molecule has 0 fully saturated rings. The van der Waals surface area contributed by atoms with Gasteiger partial charge in [-0.3, -0.25) is 107 Å². The topological polar surface area (TPSA) is 220 Å². The summed E-state index contributed by atoms with van der Waals surface area (Å²) in [4.78, 5) is 41.5. The van der Waals surface area contributed by atoms with Crippen LogP contribution in [0.2, 0.25) is 25.1 Å². The minimum Gasteiger partial charge on any atom is -0.466 e. The first-order chi connectivity index (χ1) is 58.4. The van der Waals surface area contributed by atoms with Crippen molar-refractivity contribution in [3.63, 3.8) is 0 Å². The van der Waals surface area contributed by atoms with Crippen LogP contribution < -0.4 is 5.32 Å². The monoisotopic (exact) mass is 2260 g/mol. The fourth-order valence-electron chi connectivity index (χ4n) is 13.7. The van der Waals surface area contributed by atoms with Crippen LogP contribution in [0.25, 0.3) is 94.6 Å². The predicted octanol–water partition coefficient (Wildman–Crippen LogP) is 25.4. The molecule has 12 heterocycles. The number of fused-ring (bicyclic) bond motifs is 6. The molecule has 0 saturated heterocycles. The molecular weight excluding hydrogens is 2180 g/mol. The van der Waals surface area contributed by atoms with Crippen LogP contribution in [0.4, 0.5) is 0 Å². The van der Waals surface area contributed by atoms with E-state index in [1.165, 1.54) is 11.2 Å². The maximum Gasteiger partial charge on any atom is 0.310 e. The van der Waals surface area contributed by atoms with Gasteiger partial charge < -0.3 is 43.0 Å². The summed E-state index contributed by atoms with van der Waals surface area (Å²) in [6, 6.07) is 63.5. The second kappa shape index (κ2) is 46.5. The molecule has 0 bridgehead atoms. The van der Waals surface area contributed by atoms with Crippen molar-refractivity contribution in [2.75, 3.05) is 39.2 Å². The Balaban J connectivity index is 0.000000154. The molecule has 0 spiro atoms. The smallest absolute Gasteiger partial charge is 0.310 e. The molecule has 0 aliphatic rings. The van der Waals surface area contributed by atoms with Crippen molar-refractivity contribution in [1.82, 2.24) is 63.0 Å². The summed E-state index contributed by atoms with van der Waals surface area (Å²) in [5, 5.41) is 16.0. The molecular formula is C92H86Br2Cl5I3N13O6SV-. The molecule has 12 aromatic heterocycles. The number of H-pyrrole nitrogens is 1. The summed E-state index contributed by atoms with van der Waals surface area (Å²) >= 11 is 43.3. The molecule has 0 aliphatic carbocycles. The third-order valence-electron chi connectivity index (χ3n) is 19.0. The Kier molecular flexibility index (Phi) is 37.0. The van der Waals surface area contributed by atoms with Gasteiger partial charge in [0.1, 0.15) is 0 Å². The van der Waals surface area contributed by atoms with E-state index >= 15 is 0 Å². The number of aromatic amines is 1. The van der Waals surface area contributed by atoms with Crippen LogP contribution in [0.3, 0.4) is 0 Å². The van der Waals surface area contributed by atoms with Crippen molar-refractivity contribution < 1.29 is 45.8 Å². The first-order valence-electron chi connectivity index (χ1n) is 38.5. The molecule has 637 valence electrons. The maximum atomic E-state index is 11.7. The molecule has 5 aromatic carbocycles. The number of carbonyl (C=O) groups is 1. The molecule has 0 atom stereocenters.